The minimum absolute atomic E-state index is 0.0607. The molecule has 0 unspecified atom stereocenters. The number of nitro benzene ring substituents is 1. The van der Waals surface area contributed by atoms with Crippen molar-refractivity contribution in [1.29, 1.82) is 0 Å². The van der Waals surface area contributed by atoms with Crippen LogP contribution in [0.3, 0.4) is 0 Å². The predicted octanol–water partition coefficient (Wildman–Crippen LogP) is 4.53. The summed E-state index contributed by atoms with van der Waals surface area (Å²) < 4.78 is 10.7. The topological polar surface area (TPSA) is 123 Å². The summed E-state index contributed by atoms with van der Waals surface area (Å²) >= 11 is 6.18. The third kappa shape index (κ3) is 4.70. The van der Waals surface area contributed by atoms with Crippen molar-refractivity contribution in [3.05, 3.63) is 87.1 Å². The molecule has 0 N–H and O–H groups in total. The number of carbonyl (C=O) groups excluding carboxylic acids is 3. The summed E-state index contributed by atoms with van der Waals surface area (Å²) in [6.45, 7) is 0.0204. The molecule has 2 heterocycles. The van der Waals surface area contributed by atoms with Crippen molar-refractivity contribution in [2.45, 2.75) is 0 Å². The number of nitrogens with zero attached hydrogens (tertiary/aromatic N) is 3. The van der Waals surface area contributed by atoms with Crippen LogP contribution in [0.1, 0.15) is 5.76 Å². The number of carbonyl (C=O) groups is 3. The Kier molecular flexibility index (Phi) is 6.76. The second kappa shape index (κ2) is 9.92. The summed E-state index contributed by atoms with van der Waals surface area (Å²) in [6.07, 6.45) is 1.22. The van der Waals surface area contributed by atoms with Gasteiger partial charge in [0.1, 0.15) is 17.1 Å². The zero-order valence-corrected chi connectivity index (χ0v) is 19.1. The molecule has 1 fully saturated rings. The molecule has 4 rings (SSSR count). The minimum atomic E-state index is -0.814. The van der Waals surface area contributed by atoms with Crippen molar-refractivity contribution in [1.82, 2.24) is 4.90 Å². The molecule has 10 nitrogen and oxygen atoms in total. The molecule has 0 radical (unpaired) electrons. The predicted molar refractivity (Wildman–Crippen MR) is 127 cm³/mol. The summed E-state index contributed by atoms with van der Waals surface area (Å²) in [7, 11) is 1.43. The van der Waals surface area contributed by atoms with E-state index in [1.807, 2.05) is 0 Å². The number of rotatable bonds is 7. The Balaban J connectivity index is 1.74. The molecular weight excluding hydrogens is 478 g/mol. The van der Waals surface area contributed by atoms with Gasteiger partial charge in [0.05, 0.1) is 28.8 Å². The third-order valence-electron chi connectivity index (χ3n) is 5.20. The number of benzene rings is 2. The van der Waals surface area contributed by atoms with E-state index < -0.39 is 22.8 Å². The van der Waals surface area contributed by atoms with Crippen molar-refractivity contribution < 1.29 is 28.5 Å². The van der Waals surface area contributed by atoms with Gasteiger partial charge >= 0.3 is 6.03 Å². The zero-order valence-electron chi connectivity index (χ0n) is 18.3. The standard InChI is InChI=1S/C24H18ClN3O7/c1-34-12-11-26-22(29)19(23(30)27(24(26)31)15-5-3-2-4-6-15)14-17-8-10-21(35-17)18-13-16(28(32)33)7-9-20(18)25/h2-10,13-14H,11-12H2,1H3/b19-14-. The summed E-state index contributed by atoms with van der Waals surface area (Å²) in [5, 5.41) is 11.3. The number of amides is 4. The number of non-ortho nitro benzene ring substituents is 1. The molecule has 178 valence electrons. The maximum atomic E-state index is 13.2. The van der Waals surface area contributed by atoms with E-state index in [9.17, 15) is 24.5 Å². The van der Waals surface area contributed by atoms with Crippen LogP contribution in [0.5, 0.6) is 0 Å². The van der Waals surface area contributed by atoms with Gasteiger partial charge in [-0.3, -0.25) is 24.6 Å². The first-order valence-electron chi connectivity index (χ1n) is 10.3. The maximum Gasteiger partial charge on any atom is 0.338 e. The lowest BCUT2D eigenvalue weighted by molar-refractivity contribution is -0.384. The maximum absolute atomic E-state index is 13.2. The van der Waals surface area contributed by atoms with Crippen LogP contribution in [-0.4, -0.2) is 47.9 Å². The van der Waals surface area contributed by atoms with Crippen molar-refractivity contribution in [2.75, 3.05) is 25.2 Å². The number of hydrogen-bond acceptors (Lipinski definition) is 7. The fourth-order valence-electron chi connectivity index (χ4n) is 3.49. The Bertz CT molecular complexity index is 1350. The van der Waals surface area contributed by atoms with E-state index >= 15 is 0 Å². The van der Waals surface area contributed by atoms with Crippen LogP contribution in [0.2, 0.25) is 5.02 Å². The van der Waals surface area contributed by atoms with Crippen molar-refractivity contribution in [2.24, 2.45) is 0 Å². The first-order valence-corrected chi connectivity index (χ1v) is 10.7. The number of barbiturate groups is 1. The van der Waals surface area contributed by atoms with Crippen LogP contribution in [0.4, 0.5) is 16.2 Å². The van der Waals surface area contributed by atoms with Gasteiger partial charge in [0, 0.05) is 24.8 Å². The van der Waals surface area contributed by atoms with Crippen LogP contribution in [-0.2, 0) is 14.3 Å². The highest BCUT2D eigenvalue weighted by Gasteiger charge is 2.42. The van der Waals surface area contributed by atoms with E-state index in [2.05, 4.69) is 0 Å². The Morgan fingerprint density at radius 2 is 1.80 bits per heavy atom. The van der Waals surface area contributed by atoms with E-state index in [-0.39, 0.29) is 46.5 Å². The quantitative estimate of drug-likeness (QED) is 0.204. The number of hydrogen-bond donors (Lipinski definition) is 0. The van der Waals surface area contributed by atoms with Crippen LogP contribution in [0.15, 0.2) is 70.7 Å². The van der Waals surface area contributed by atoms with E-state index in [0.717, 1.165) is 9.80 Å². The molecule has 0 saturated carbocycles. The monoisotopic (exact) mass is 495 g/mol. The smallest absolute Gasteiger partial charge is 0.338 e. The van der Waals surface area contributed by atoms with Gasteiger partial charge in [-0.15, -0.1) is 0 Å². The molecule has 1 aliphatic rings. The van der Waals surface area contributed by atoms with Gasteiger partial charge in [0.15, 0.2) is 0 Å². The largest absolute Gasteiger partial charge is 0.457 e. The van der Waals surface area contributed by atoms with Gasteiger partial charge in [-0.2, -0.15) is 0 Å². The highest BCUT2D eigenvalue weighted by atomic mass is 35.5. The molecule has 4 amide bonds. The van der Waals surface area contributed by atoms with Gasteiger partial charge in [-0.05, 0) is 36.4 Å². The Morgan fingerprint density at radius 3 is 2.49 bits per heavy atom. The number of methoxy groups -OCH3 is 1. The van der Waals surface area contributed by atoms with Crippen LogP contribution in [0.25, 0.3) is 17.4 Å². The van der Waals surface area contributed by atoms with Crippen molar-refractivity contribution >= 4 is 46.9 Å². The normalized spacial score (nSPS) is 15.3. The van der Waals surface area contributed by atoms with E-state index in [0.29, 0.717) is 5.69 Å². The number of ether oxygens (including phenoxy) is 1. The second-order valence-corrected chi connectivity index (χ2v) is 7.80. The van der Waals surface area contributed by atoms with Gasteiger partial charge < -0.3 is 9.15 Å². The van der Waals surface area contributed by atoms with Crippen molar-refractivity contribution in [3.8, 4) is 11.3 Å². The molecular formula is C24H18ClN3O7. The fourth-order valence-corrected chi connectivity index (χ4v) is 3.70. The van der Waals surface area contributed by atoms with Crippen LogP contribution in [0, 0.1) is 10.1 Å². The lowest BCUT2D eigenvalue weighted by Gasteiger charge is -2.33. The fraction of sp³-hybridized carbons (Fsp3) is 0.125. The van der Waals surface area contributed by atoms with Gasteiger partial charge in [-0.25, -0.2) is 9.69 Å². The molecule has 0 spiro atoms. The third-order valence-corrected chi connectivity index (χ3v) is 5.53. The SMILES string of the molecule is COCCN1C(=O)/C(=C/c2ccc(-c3cc([N+](=O)[O-])ccc3Cl)o2)C(=O)N(c2ccccc2)C1=O. The molecule has 0 aliphatic carbocycles. The summed E-state index contributed by atoms with van der Waals surface area (Å²) in [5.41, 5.74) is 0.0983. The minimum Gasteiger partial charge on any atom is -0.457 e. The van der Waals surface area contributed by atoms with Crippen molar-refractivity contribution in [3.63, 3.8) is 0 Å². The number of halogens is 1. The number of nitro groups is 1. The second-order valence-electron chi connectivity index (χ2n) is 7.39. The molecule has 1 aromatic heterocycles. The number of anilines is 1. The summed E-state index contributed by atoms with van der Waals surface area (Å²) in [4.78, 5) is 51.7. The van der Waals surface area contributed by atoms with E-state index in [1.54, 1.807) is 30.3 Å². The Hall–Kier alpha value is -4.28. The zero-order chi connectivity index (χ0) is 25.1. The first-order chi connectivity index (χ1) is 16.8. The van der Waals surface area contributed by atoms with E-state index in [4.69, 9.17) is 20.8 Å². The lowest BCUT2D eigenvalue weighted by Crippen LogP contribution is -2.57. The lowest BCUT2D eigenvalue weighted by atomic mass is 10.1. The average molecular weight is 496 g/mol. The van der Waals surface area contributed by atoms with Gasteiger partial charge in [-0.1, -0.05) is 29.8 Å². The van der Waals surface area contributed by atoms with Gasteiger partial charge in [0.2, 0.25) is 0 Å². The molecule has 35 heavy (non-hydrogen) atoms. The highest BCUT2D eigenvalue weighted by Crippen LogP contribution is 2.33. The van der Waals surface area contributed by atoms with E-state index in [1.165, 1.54) is 43.5 Å². The molecule has 0 atom stereocenters. The van der Waals surface area contributed by atoms with Crippen LogP contribution < -0.4 is 4.90 Å². The highest BCUT2D eigenvalue weighted by molar-refractivity contribution is 6.39. The Morgan fingerprint density at radius 1 is 1.06 bits per heavy atom. The summed E-state index contributed by atoms with van der Waals surface area (Å²) in [5.74, 6) is -1.29. The molecule has 0 bridgehead atoms. The molecule has 1 saturated heterocycles. The average Bonchev–Trinajstić information content (AvgIpc) is 3.31. The number of imide groups is 2. The molecule has 2 aromatic carbocycles. The summed E-state index contributed by atoms with van der Waals surface area (Å²) in [6, 6.07) is 14.3. The molecule has 1 aliphatic heterocycles. The van der Waals surface area contributed by atoms with Crippen LogP contribution >= 0.6 is 11.6 Å². The molecule has 11 heteroatoms. The number of para-hydroxylation sites is 1. The number of urea groups is 1. The molecule has 3 aromatic rings. The first kappa shape index (κ1) is 23.9. The number of furan rings is 1. The van der Waals surface area contributed by atoms with Gasteiger partial charge in [0.25, 0.3) is 17.5 Å². The Labute approximate surface area is 204 Å².